The largest absolute Gasteiger partial charge is 0.383 e. The third-order valence-electron chi connectivity index (χ3n) is 5.28. The number of carbonyl (C=O) groups excluding carboxylic acids is 1. The first-order valence-corrected chi connectivity index (χ1v) is 10.3. The number of fused-ring (bicyclic) bond motifs is 1. The molecule has 4 aromatic rings. The second kappa shape index (κ2) is 8.92. The van der Waals surface area contributed by atoms with Gasteiger partial charge in [0, 0.05) is 48.3 Å². The van der Waals surface area contributed by atoms with Crippen molar-refractivity contribution in [2.75, 3.05) is 23.8 Å². The number of benzene rings is 2. The van der Waals surface area contributed by atoms with Gasteiger partial charge in [-0.15, -0.1) is 0 Å². The summed E-state index contributed by atoms with van der Waals surface area (Å²) >= 11 is 0. The molecule has 0 saturated carbocycles. The smallest absolute Gasteiger partial charge is 0.258 e. The van der Waals surface area contributed by atoms with Crippen molar-refractivity contribution in [2.24, 2.45) is 5.73 Å². The normalized spacial score (nSPS) is 11.7. The van der Waals surface area contributed by atoms with Crippen LogP contribution in [0.15, 0.2) is 73.1 Å². The molecule has 3 N–H and O–H groups in total. The third kappa shape index (κ3) is 4.31. The first-order valence-electron chi connectivity index (χ1n) is 10.3. The van der Waals surface area contributed by atoms with Crippen molar-refractivity contribution in [1.82, 2.24) is 9.61 Å². The van der Waals surface area contributed by atoms with Crippen LogP contribution in [-0.2, 0) is 0 Å². The molecule has 2 aromatic heterocycles. The molecule has 2 aromatic carbocycles. The molecule has 1 atom stereocenters. The van der Waals surface area contributed by atoms with Gasteiger partial charge in [0.25, 0.3) is 5.91 Å². The zero-order valence-corrected chi connectivity index (χ0v) is 18.0. The van der Waals surface area contributed by atoms with Crippen molar-refractivity contribution < 1.29 is 4.79 Å². The van der Waals surface area contributed by atoms with E-state index in [0.29, 0.717) is 17.7 Å². The van der Waals surface area contributed by atoms with E-state index in [2.05, 4.69) is 16.5 Å². The summed E-state index contributed by atoms with van der Waals surface area (Å²) in [6.45, 7) is 2.66. The van der Waals surface area contributed by atoms with Crippen LogP contribution in [0.1, 0.15) is 22.8 Å². The Morgan fingerprint density at radius 2 is 1.91 bits per heavy atom. The number of carbonyl (C=O) groups is 1. The summed E-state index contributed by atoms with van der Waals surface area (Å²) in [5.41, 5.74) is 11.4. The molecule has 1 amide bonds. The van der Waals surface area contributed by atoms with Gasteiger partial charge in [0.15, 0.2) is 0 Å². The molecular formula is C25H24N6O. The summed E-state index contributed by atoms with van der Waals surface area (Å²) in [6.07, 6.45) is 3.59. The number of nitrogens with two attached hydrogens (primary N) is 1. The number of pyridine rings is 1. The standard InChI is InChI=1S/C25H24N6O/c1-17(27)15-28-21-7-5-19(6-8-21)23-16-29-31-12-11-20(13-24(23)31)25(32)30(2)22-9-3-18(14-26)4-10-22/h3-13,16-17,28H,15,27H2,1-2H3/t17-/m1/s1. The second-order valence-corrected chi connectivity index (χ2v) is 7.76. The fourth-order valence-electron chi connectivity index (χ4n) is 3.45. The molecule has 0 bridgehead atoms. The Kier molecular flexibility index (Phi) is 5.88. The van der Waals surface area contributed by atoms with Crippen LogP contribution in [0.2, 0.25) is 0 Å². The Labute approximate surface area is 186 Å². The molecule has 0 saturated heterocycles. The fraction of sp³-hybridized carbons (Fsp3) is 0.160. The zero-order valence-electron chi connectivity index (χ0n) is 18.0. The van der Waals surface area contributed by atoms with Crippen LogP contribution in [0.5, 0.6) is 0 Å². The molecule has 0 fully saturated rings. The molecule has 2 heterocycles. The molecule has 0 aliphatic carbocycles. The maximum atomic E-state index is 13.1. The number of hydrogen-bond donors (Lipinski definition) is 2. The molecule has 7 heteroatoms. The molecule has 0 aliphatic heterocycles. The Hall–Kier alpha value is -4.15. The summed E-state index contributed by atoms with van der Waals surface area (Å²) in [5.74, 6) is -0.139. The van der Waals surface area contributed by atoms with E-state index in [4.69, 9.17) is 11.0 Å². The number of nitrogens with zero attached hydrogens (tertiary/aromatic N) is 4. The molecule has 0 aliphatic rings. The average Bonchev–Trinajstić information content (AvgIpc) is 3.25. The van der Waals surface area contributed by atoms with Crippen molar-refractivity contribution in [1.29, 1.82) is 5.26 Å². The Bertz CT molecular complexity index is 1280. The zero-order chi connectivity index (χ0) is 22.7. The Morgan fingerprint density at radius 3 is 2.56 bits per heavy atom. The maximum Gasteiger partial charge on any atom is 0.258 e. The highest BCUT2D eigenvalue weighted by Crippen LogP contribution is 2.27. The lowest BCUT2D eigenvalue weighted by Crippen LogP contribution is -2.26. The van der Waals surface area contributed by atoms with Crippen LogP contribution >= 0.6 is 0 Å². The van der Waals surface area contributed by atoms with Gasteiger partial charge in [0.1, 0.15) is 0 Å². The molecule has 4 rings (SSSR count). The summed E-state index contributed by atoms with van der Waals surface area (Å²) in [7, 11) is 1.72. The van der Waals surface area contributed by atoms with Crippen LogP contribution in [-0.4, -0.2) is 35.2 Å². The van der Waals surface area contributed by atoms with E-state index < -0.39 is 0 Å². The average molecular weight is 425 g/mol. The van der Waals surface area contributed by atoms with Gasteiger partial charge in [-0.1, -0.05) is 12.1 Å². The highest BCUT2D eigenvalue weighted by atomic mass is 16.2. The third-order valence-corrected chi connectivity index (χ3v) is 5.28. The summed E-state index contributed by atoms with van der Waals surface area (Å²) in [5, 5.41) is 16.7. The van der Waals surface area contributed by atoms with Crippen molar-refractivity contribution in [3.63, 3.8) is 0 Å². The van der Waals surface area contributed by atoms with Gasteiger partial charge >= 0.3 is 0 Å². The van der Waals surface area contributed by atoms with Gasteiger partial charge in [-0.3, -0.25) is 4.79 Å². The van der Waals surface area contributed by atoms with Crippen LogP contribution in [0.3, 0.4) is 0 Å². The predicted molar refractivity (Wildman–Crippen MR) is 127 cm³/mol. The highest BCUT2D eigenvalue weighted by Gasteiger charge is 2.16. The van der Waals surface area contributed by atoms with Crippen molar-refractivity contribution in [3.8, 4) is 17.2 Å². The number of anilines is 2. The van der Waals surface area contributed by atoms with Gasteiger partial charge in [-0.2, -0.15) is 10.4 Å². The van der Waals surface area contributed by atoms with Crippen LogP contribution in [0.25, 0.3) is 16.6 Å². The monoisotopic (exact) mass is 424 g/mol. The maximum absolute atomic E-state index is 13.1. The number of rotatable bonds is 6. The minimum Gasteiger partial charge on any atom is -0.383 e. The predicted octanol–water partition coefficient (Wildman–Crippen LogP) is 3.91. The van der Waals surface area contributed by atoms with Crippen LogP contribution < -0.4 is 16.0 Å². The number of nitriles is 1. The fourth-order valence-corrected chi connectivity index (χ4v) is 3.45. The number of aromatic nitrogens is 2. The number of nitrogens with one attached hydrogen (secondary N) is 1. The molecule has 32 heavy (non-hydrogen) atoms. The lowest BCUT2D eigenvalue weighted by atomic mass is 10.1. The van der Waals surface area contributed by atoms with E-state index in [1.165, 1.54) is 0 Å². The molecule has 7 nitrogen and oxygen atoms in total. The molecule has 0 spiro atoms. The van der Waals surface area contributed by atoms with Crippen LogP contribution in [0, 0.1) is 11.3 Å². The van der Waals surface area contributed by atoms with E-state index >= 15 is 0 Å². The number of hydrogen-bond acceptors (Lipinski definition) is 5. The topological polar surface area (TPSA) is 99.4 Å². The van der Waals surface area contributed by atoms with Crippen molar-refractivity contribution in [2.45, 2.75) is 13.0 Å². The van der Waals surface area contributed by atoms with Gasteiger partial charge < -0.3 is 16.0 Å². The summed E-state index contributed by atoms with van der Waals surface area (Å²) < 4.78 is 1.76. The van der Waals surface area contributed by atoms with Crippen molar-refractivity contribution in [3.05, 3.63) is 84.2 Å². The Morgan fingerprint density at radius 1 is 1.19 bits per heavy atom. The van der Waals surface area contributed by atoms with E-state index in [-0.39, 0.29) is 11.9 Å². The molecule has 0 radical (unpaired) electrons. The van der Waals surface area contributed by atoms with E-state index in [1.54, 1.807) is 59.2 Å². The van der Waals surface area contributed by atoms with Crippen LogP contribution in [0.4, 0.5) is 11.4 Å². The summed E-state index contributed by atoms with van der Waals surface area (Å²) in [4.78, 5) is 14.7. The molecular weight excluding hydrogens is 400 g/mol. The lowest BCUT2D eigenvalue weighted by molar-refractivity contribution is 0.0993. The minimum atomic E-state index is -0.139. The van der Waals surface area contributed by atoms with Gasteiger partial charge in [0.05, 0.1) is 23.3 Å². The van der Waals surface area contributed by atoms with E-state index in [1.807, 2.05) is 37.3 Å². The van der Waals surface area contributed by atoms with Gasteiger partial charge in [-0.25, -0.2) is 4.52 Å². The first kappa shape index (κ1) is 21.1. The van der Waals surface area contributed by atoms with Crippen molar-refractivity contribution >= 4 is 22.8 Å². The van der Waals surface area contributed by atoms with E-state index in [9.17, 15) is 4.79 Å². The quantitative estimate of drug-likeness (QED) is 0.489. The SMILES string of the molecule is C[C@@H](N)CNc1ccc(-c2cnn3ccc(C(=O)N(C)c4ccc(C#N)cc4)cc23)cc1. The number of amides is 1. The molecule has 0 unspecified atom stereocenters. The highest BCUT2D eigenvalue weighted by molar-refractivity contribution is 6.06. The minimum absolute atomic E-state index is 0.0765. The van der Waals surface area contributed by atoms with E-state index in [0.717, 1.165) is 28.0 Å². The second-order valence-electron chi connectivity index (χ2n) is 7.76. The Balaban J connectivity index is 1.61. The van der Waals surface area contributed by atoms with Gasteiger partial charge in [0.2, 0.25) is 0 Å². The first-order chi connectivity index (χ1) is 15.5. The summed E-state index contributed by atoms with van der Waals surface area (Å²) in [6, 6.07) is 20.8. The van der Waals surface area contributed by atoms with Gasteiger partial charge in [-0.05, 0) is 61.0 Å². The lowest BCUT2D eigenvalue weighted by Gasteiger charge is -2.17. The molecule has 160 valence electrons.